The van der Waals surface area contributed by atoms with Gasteiger partial charge in [0.1, 0.15) is 43.2 Å². The highest BCUT2D eigenvalue weighted by atomic mass is 31.2. The molecule has 0 amide bonds. The molecular weight excluding hydrogens is 961 g/mol. The van der Waals surface area contributed by atoms with Crippen LogP contribution in [-0.2, 0) is 50.9 Å². The lowest BCUT2D eigenvalue weighted by molar-refractivity contribution is -0.213. The van der Waals surface area contributed by atoms with Crippen molar-refractivity contribution in [1.29, 1.82) is 0 Å². The molecule has 19 nitrogen and oxygen atoms in total. The summed E-state index contributed by atoms with van der Waals surface area (Å²) in [6, 6.07) is 0. The lowest BCUT2D eigenvalue weighted by Gasteiger charge is -2.44. The van der Waals surface area contributed by atoms with Gasteiger partial charge in [0.05, 0.1) is 6.61 Å². The molecule has 0 aromatic heterocycles. The van der Waals surface area contributed by atoms with Gasteiger partial charge in [0.15, 0.2) is 6.10 Å². The van der Waals surface area contributed by atoms with Crippen LogP contribution < -0.4 is 0 Å². The summed E-state index contributed by atoms with van der Waals surface area (Å²) in [6.07, 6.45) is 25.6. The van der Waals surface area contributed by atoms with Crippen molar-refractivity contribution in [2.45, 2.75) is 224 Å². The molecule has 0 spiro atoms. The van der Waals surface area contributed by atoms with E-state index in [1.54, 1.807) is 0 Å². The fourth-order valence-corrected chi connectivity index (χ4v) is 9.50. The Balaban J connectivity index is 2.75. The van der Waals surface area contributed by atoms with Crippen molar-refractivity contribution in [2.75, 3.05) is 13.2 Å². The molecule has 1 unspecified atom stereocenters. The molecular formula is C47H85O19P3. The molecule has 8 atom stereocenters. The van der Waals surface area contributed by atoms with Gasteiger partial charge < -0.3 is 49.3 Å². The number of phosphoric acid groups is 3. The van der Waals surface area contributed by atoms with Crippen molar-refractivity contribution in [3.05, 3.63) is 48.6 Å². The van der Waals surface area contributed by atoms with Gasteiger partial charge >= 0.3 is 35.4 Å². The molecule has 1 aliphatic rings. The average Bonchev–Trinajstić information content (AvgIpc) is 3.28. The van der Waals surface area contributed by atoms with Gasteiger partial charge in [0.25, 0.3) is 0 Å². The van der Waals surface area contributed by atoms with E-state index in [0.29, 0.717) is 25.7 Å². The molecule has 0 aromatic rings. The fraction of sp³-hybridized carbons (Fsp3) is 0.787. The first-order valence-corrected chi connectivity index (χ1v) is 29.5. The van der Waals surface area contributed by atoms with Crippen molar-refractivity contribution in [3.63, 3.8) is 0 Å². The Morgan fingerprint density at radius 1 is 0.464 bits per heavy atom. The topological polar surface area (TPSA) is 303 Å². The molecule has 8 N–H and O–H groups in total. The van der Waals surface area contributed by atoms with Crippen LogP contribution in [0.2, 0.25) is 0 Å². The standard InChI is InChI=1S/C47H85O19P3/c1-3-5-7-9-11-13-15-17-19-20-22-24-26-28-30-32-34-36-41(49)63-39(37-61-40(48)35-33-31-29-27-25-23-21-18-16-14-12-10-8-6-4-2)38-62-69(59,60)66-45-42(50)43(51)46(64-67(53,54)55)47(44(45)52)65-68(56,57)58/h11,13,17,19,22,24,28,30,39,42-47,50-52H,3-10,12,14-16,18,20-21,23,25-27,29,31-38H2,1-2H3,(H,59,60)(H2,53,54,55)(H2,56,57,58)/b13-11+,19-17-,24-22+,30-28+/t39-,42+,43-,44-,45+,46-,47-/m0/s1. The summed E-state index contributed by atoms with van der Waals surface area (Å²) in [4.78, 5) is 73.3. The number of esters is 2. The first-order chi connectivity index (χ1) is 32.8. The molecule has 1 saturated carbocycles. The number of carbonyl (C=O) groups is 2. The third kappa shape index (κ3) is 35.0. The molecule has 0 bridgehead atoms. The summed E-state index contributed by atoms with van der Waals surface area (Å²) in [5, 5.41) is 31.9. The number of carbonyl (C=O) groups excluding carboxylic acids is 2. The monoisotopic (exact) mass is 1050 g/mol. The summed E-state index contributed by atoms with van der Waals surface area (Å²) in [7, 11) is -16.6. The first-order valence-electron chi connectivity index (χ1n) is 24.9. The fourth-order valence-electron chi connectivity index (χ4n) is 7.40. The zero-order valence-corrected chi connectivity index (χ0v) is 43.6. The van der Waals surface area contributed by atoms with Gasteiger partial charge in [-0.05, 0) is 51.4 Å². The third-order valence-electron chi connectivity index (χ3n) is 11.1. The maximum atomic E-state index is 13.1. The van der Waals surface area contributed by atoms with Crippen LogP contribution in [-0.4, -0.2) is 108 Å². The molecule has 1 aliphatic carbocycles. The molecule has 0 heterocycles. The van der Waals surface area contributed by atoms with Crippen LogP contribution in [0.15, 0.2) is 48.6 Å². The third-order valence-corrected chi connectivity index (χ3v) is 13.2. The maximum Gasteiger partial charge on any atom is 0.472 e. The summed E-state index contributed by atoms with van der Waals surface area (Å²) < 4.78 is 65.5. The van der Waals surface area contributed by atoms with E-state index in [4.69, 9.17) is 18.5 Å². The van der Waals surface area contributed by atoms with Crippen LogP contribution >= 0.6 is 23.5 Å². The lowest BCUT2D eigenvalue weighted by Crippen LogP contribution is -2.65. The number of hydrogen-bond acceptors (Lipinski definition) is 14. The van der Waals surface area contributed by atoms with Gasteiger partial charge in [-0.25, -0.2) is 13.7 Å². The van der Waals surface area contributed by atoms with E-state index in [-0.39, 0.29) is 12.8 Å². The summed E-state index contributed by atoms with van der Waals surface area (Å²) in [6.45, 7) is 2.88. The zero-order chi connectivity index (χ0) is 51.4. The quantitative estimate of drug-likeness (QED) is 0.0122. The number of phosphoric ester groups is 3. The summed E-state index contributed by atoms with van der Waals surface area (Å²) >= 11 is 0. The number of aliphatic hydroxyl groups excluding tert-OH is 3. The molecule has 1 rings (SSSR count). The van der Waals surface area contributed by atoms with Crippen molar-refractivity contribution >= 4 is 35.4 Å². The average molecular weight is 1050 g/mol. The van der Waals surface area contributed by atoms with E-state index in [2.05, 4.69) is 53.3 Å². The van der Waals surface area contributed by atoms with Gasteiger partial charge in [-0.3, -0.25) is 27.7 Å². The Morgan fingerprint density at radius 3 is 1.33 bits per heavy atom. The molecule has 0 aromatic carbocycles. The van der Waals surface area contributed by atoms with Crippen LogP contribution in [0.25, 0.3) is 0 Å². The predicted molar refractivity (Wildman–Crippen MR) is 261 cm³/mol. The summed E-state index contributed by atoms with van der Waals surface area (Å²) in [5.41, 5.74) is 0. The van der Waals surface area contributed by atoms with Gasteiger partial charge in [0, 0.05) is 12.8 Å². The van der Waals surface area contributed by atoms with Gasteiger partial charge in [-0.2, -0.15) is 0 Å². The smallest absolute Gasteiger partial charge is 0.462 e. The minimum Gasteiger partial charge on any atom is -0.462 e. The Labute approximate surface area is 410 Å². The van der Waals surface area contributed by atoms with Crippen LogP contribution in [0.5, 0.6) is 0 Å². The second kappa shape index (κ2) is 38.7. The van der Waals surface area contributed by atoms with Crippen molar-refractivity contribution in [2.24, 2.45) is 0 Å². The SMILES string of the molecule is CCCCC/C=C/C/C=C\C/C=C/C/C=C/CCCC(=O)O[C@@H](COC(=O)CCCCCCCCCCCCCCCCC)COP(=O)(O)O[C@@H]1[C@H](O)[C@H](O)[C@H](OP(=O)(O)O)[C@@H](OP(=O)(O)O)[C@H]1O. The highest BCUT2D eigenvalue weighted by Crippen LogP contribution is 2.51. The van der Waals surface area contributed by atoms with Crippen LogP contribution in [0, 0.1) is 0 Å². The number of allylic oxidation sites excluding steroid dienone is 8. The summed E-state index contributed by atoms with van der Waals surface area (Å²) in [5.74, 6) is -1.36. The minimum atomic E-state index is -5.61. The Morgan fingerprint density at radius 2 is 0.855 bits per heavy atom. The Kier molecular flexibility index (Phi) is 36.5. The normalized spacial score (nSPS) is 21.7. The molecule has 22 heteroatoms. The van der Waals surface area contributed by atoms with Crippen LogP contribution in [0.1, 0.15) is 181 Å². The van der Waals surface area contributed by atoms with Crippen LogP contribution in [0.4, 0.5) is 0 Å². The Bertz CT molecular complexity index is 1630. The molecule has 69 heavy (non-hydrogen) atoms. The highest BCUT2D eigenvalue weighted by Gasteiger charge is 2.56. The van der Waals surface area contributed by atoms with E-state index < -0.39 is 91.3 Å². The number of ether oxygens (including phenoxy) is 2. The molecule has 1 fully saturated rings. The second-order valence-electron chi connectivity index (χ2n) is 17.4. The van der Waals surface area contributed by atoms with Crippen LogP contribution in [0.3, 0.4) is 0 Å². The Hall–Kier alpha value is -1.89. The second-order valence-corrected chi connectivity index (χ2v) is 21.2. The molecule has 0 saturated heterocycles. The van der Waals surface area contributed by atoms with E-state index >= 15 is 0 Å². The van der Waals surface area contributed by atoms with Gasteiger partial charge in [-0.15, -0.1) is 0 Å². The lowest BCUT2D eigenvalue weighted by atomic mass is 9.85. The van der Waals surface area contributed by atoms with Gasteiger partial charge in [-0.1, -0.05) is 165 Å². The first kappa shape index (κ1) is 65.1. The van der Waals surface area contributed by atoms with E-state index in [1.165, 1.54) is 83.5 Å². The van der Waals surface area contributed by atoms with Gasteiger partial charge in [0.2, 0.25) is 0 Å². The van der Waals surface area contributed by atoms with Crippen molar-refractivity contribution < 1.29 is 90.6 Å². The van der Waals surface area contributed by atoms with E-state index in [0.717, 1.165) is 44.9 Å². The predicted octanol–water partition coefficient (Wildman–Crippen LogP) is 9.40. The van der Waals surface area contributed by atoms with E-state index in [9.17, 15) is 63.1 Å². The van der Waals surface area contributed by atoms with Crippen molar-refractivity contribution in [1.82, 2.24) is 0 Å². The number of unbranched alkanes of at least 4 members (excludes halogenated alkanes) is 18. The number of rotatable bonds is 42. The van der Waals surface area contributed by atoms with E-state index in [1.807, 2.05) is 18.2 Å². The van der Waals surface area contributed by atoms with Crippen molar-refractivity contribution in [3.8, 4) is 0 Å². The highest BCUT2D eigenvalue weighted by molar-refractivity contribution is 7.47. The molecule has 402 valence electrons. The maximum absolute atomic E-state index is 13.1. The molecule has 0 radical (unpaired) electrons. The number of hydrogen-bond donors (Lipinski definition) is 8. The molecule has 0 aliphatic heterocycles. The largest absolute Gasteiger partial charge is 0.472 e. The zero-order valence-electron chi connectivity index (χ0n) is 40.9. The minimum absolute atomic E-state index is 0.0703. The number of aliphatic hydroxyl groups is 3.